The summed E-state index contributed by atoms with van der Waals surface area (Å²) in [5.74, 6) is -0.973. The van der Waals surface area contributed by atoms with Crippen molar-refractivity contribution in [1.29, 1.82) is 0 Å². The fourth-order valence-corrected chi connectivity index (χ4v) is 7.39. The lowest BCUT2D eigenvalue weighted by Crippen LogP contribution is -2.30. The Kier molecular flexibility index (Phi) is 50.9. The molecule has 0 spiro atoms. The second-order valence-corrected chi connectivity index (χ2v) is 17.8. The van der Waals surface area contributed by atoms with E-state index >= 15 is 0 Å². The van der Waals surface area contributed by atoms with Gasteiger partial charge in [-0.1, -0.05) is 246 Å². The topological polar surface area (TPSA) is 78.9 Å². The van der Waals surface area contributed by atoms with Crippen LogP contribution in [0.15, 0.2) is 97.2 Å². The average molecular weight is 917 g/mol. The Morgan fingerprint density at radius 3 is 1.11 bits per heavy atom. The molecule has 6 nitrogen and oxygen atoms in total. The SMILES string of the molecule is CC/C=C/C=C/C=C/C=C/CCCCCC(=O)OCC(COC(=O)CCCCCCCCCCCCCCCCCCCCC)OC(=O)CCCCC/C=C/C/C=C/C/C=C/C/C=C/CC. The van der Waals surface area contributed by atoms with Crippen LogP contribution in [0.5, 0.6) is 0 Å². The molecule has 0 aromatic rings. The summed E-state index contributed by atoms with van der Waals surface area (Å²) in [6, 6.07) is 0. The third-order valence-corrected chi connectivity index (χ3v) is 11.4. The van der Waals surface area contributed by atoms with Gasteiger partial charge in [0.25, 0.3) is 0 Å². The van der Waals surface area contributed by atoms with Crippen LogP contribution < -0.4 is 0 Å². The van der Waals surface area contributed by atoms with Crippen LogP contribution in [0.1, 0.15) is 245 Å². The van der Waals surface area contributed by atoms with E-state index in [0.717, 1.165) is 103 Å². The Hall–Kier alpha value is -3.67. The smallest absolute Gasteiger partial charge is 0.306 e. The van der Waals surface area contributed by atoms with Crippen molar-refractivity contribution in [1.82, 2.24) is 0 Å². The van der Waals surface area contributed by atoms with Crippen molar-refractivity contribution < 1.29 is 28.6 Å². The third-order valence-electron chi connectivity index (χ3n) is 11.4. The normalized spacial score (nSPS) is 12.8. The summed E-state index contributed by atoms with van der Waals surface area (Å²) in [5.41, 5.74) is 0. The second kappa shape index (κ2) is 53.9. The van der Waals surface area contributed by atoms with Gasteiger partial charge in [-0.2, -0.15) is 0 Å². The van der Waals surface area contributed by atoms with Gasteiger partial charge in [0.15, 0.2) is 6.10 Å². The maximum atomic E-state index is 12.8. The lowest BCUT2D eigenvalue weighted by molar-refractivity contribution is -0.167. The largest absolute Gasteiger partial charge is 0.462 e. The standard InChI is InChI=1S/C60H100O6/c1-4-7-10-13-16-19-22-25-27-29-30-31-33-35-38-41-44-47-50-53-59(62)65-56-57(55-64-58(61)52-49-46-43-40-37-34-24-21-18-15-12-9-6-3)66-60(63)54-51-48-45-42-39-36-32-28-26-23-20-17-14-11-8-5-2/h8-9,11-12,15,17-18,20-21,24,26,28,34,36-37,39,57H,4-7,10,13-14,16,19,22-23,25,27,29-33,35,38,40-56H2,1-3H3/b11-8+,12-9+,18-15+,20-17+,24-21+,28-26+,37-34+,39-36+. The molecule has 0 fully saturated rings. The molecule has 0 aliphatic heterocycles. The summed E-state index contributed by atoms with van der Waals surface area (Å²) in [5, 5.41) is 0. The Balaban J connectivity index is 4.44. The molecule has 0 aromatic heterocycles. The van der Waals surface area contributed by atoms with Gasteiger partial charge in [0.2, 0.25) is 0 Å². The van der Waals surface area contributed by atoms with Crippen LogP contribution in [0.2, 0.25) is 0 Å². The molecule has 0 N–H and O–H groups in total. The van der Waals surface area contributed by atoms with Crippen molar-refractivity contribution in [2.45, 2.75) is 252 Å². The number of ether oxygens (including phenoxy) is 3. The quantitative estimate of drug-likeness (QED) is 0.0199. The summed E-state index contributed by atoms with van der Waals surface area (Å²) in [6.07, 6.45) is 71.2. The molecule has 0 heterocycles. The molecule has 1 unspecified atom stereocenters. The maximum Gasteiger partial charge on any atom is 0.306 e. The Morgan fingerprint density at radius 1 is 0.333 bits per heavy atom. The molecule has 0 amide bonds. The zero-order valence-corrected chi connectivity index (χ0v) is 42.9. The molecule has 0 aliphatic rings. The van der Waals surface area contributed by atoms with E-state index in [9.17, 15) is 14.4 Å². The van der Waals surface area contributed by atoms with Crippen molar-refractivity contribution in [3.63, 3.8) is 0 Å². The predicted molar refractivity (Wildman–Crippen MR) is 284 cm³/mol. The highest BCUT2D eigenvalue weighted by Gasteiger charge is 2.19. The Morgan fingerprint density at radius 2 is 0.667 bits per heavy atom. The van der Waals surface area contributed by atoms with Crippen LogP contribution in [-0.2, 0) is 28.6 Å². The number of carbonyl (C=O) groups excluding carboxylic acids is 3. The van der Waals surface area contributed by atoms with Crippen LogP contribution in [0, 0.1) is 0 Å². The van der Waals surface area contributed by atoms with Crippen molar-refractivity contribution in [2.24, 2.45) is 0 Å². The van der Waals surface area contributed by atoms with E-state index in [1.807, 2.05) is 36.5 Å². The first-order valence-corrected chi connectivity index (χ1v) is 27.3. The van der Waals surface area contributed by atoms with Crippen molar-refractivity contribution >= 4 is 17.9 Å². The first kappa shape index (κ1) is 62.3. The summed E-state index contributed by atoms with van der Waals surface area (Å²) in [7, 11) is 0. The lowest BCUT2D eigenvalue weighted by Gasteiger charge is -2.18. The second-order valence-electron chi connectivity index (χ2n) is 17.8. The van der Waals surface area contributed by atoms with Gasteiger partial charge in [-0.05, 0) is 77.0 Å². The number of esters is 3. The molecule has 1 atom stereocenters. The number of unbranched alkanes of at least 4 members (excludes halogenated alkanes) is 24. The molecule has 0 saturated carbocycles. The highest BCUT2D eigenvalue weighted by molar-refractivity contribution is 5.71. The molecule has 0 saturated heterocycles. The van der Waals surface area contributed by atoms with Gasteiger partial charge in [-0.25, -0.2) is 0 Å². The summed E-state index contributed by atoms with van der Waals surface area (Å²) < 4.78 is 16.8. The van der Waals surface area contributed by atoms with E-state index < -0.39 is 6.10 Å². The zero-order valence-electron chi connectivity index (χ0n) is 42.9. The molecular weight excluding hydrogens is 817 g/mol. The van der Waals surface area contributed by atoms with E-state index in [1.165, 1.54) is 103 Å². The van der Waals surface area contributed by atoms with Crippen LogP contribution in [0.4, 0.5) is 0 Å². The van der Waals surface area contributed by atoms with Gasteiger partial charge in [0.1, 0.15) is 13.2 Å². The Bertz CT molecular complexity index is 1330. The first-order chi connectivity index (χ1) is 32.5. The molecule has 6 heteroatoms. The highest BCUT2D eigenvalue weighted by Crippen LogP contribution is 2.16. The van der Waals surface area contributed by atoms with Crippen molar-refractivity contribution in [2.75, 3.05) is 13.2 Å². The molecule has 0 aliphatic carbocycles. The molecule has 0 bridgehead atoms. The number of hydrogen-bond acceptors (Lipinski definition) is 6. The van der Waals surface area contributed by atoms with Crippen LogP contribution in [0.3, 0.4) is 0 Å². The van der Waals surface area contributed by atoms with Crippen LogP contribution in [0.25, 0.3) is 0 Å². The summed E-state index contributed by atoms with van der Waals surface area (Å²) >= 11 is 0. The van der Waals surface area contributed by atoms with Crippen molar-refractivity contribution in [3.05, 3.63) is 97.2 Å². The first-order valence-electron chi connectivity index (χ1n) is 27.3. The van der Waals surface area contributed by atoms with Gasteiger partial charge in [0.05, 0.1) is 0 Å². The van der Waals surface area contributed by atoms with Gasteiger partial charge in [-0.3, -0.25) is 14.4 Å². The molecule has 376 valence electrons. The highest BCUT2D eigenvalue weighted by atomic mass is 16.6. The fourth-order valence-electron chi connectivity index (χ4n) is 7.39. The monoisotopic (exact) mass is 917 g/mol. The van der Waals surface area contributed by atoms with Gasteiger partial charge < -0.3 is 14.2 Å². The number of allylic oxidation sites excluding steroid dienone is 16. The zero-order chi connectivity index (χ0) is 47.9. The third kappa shape index (κ3) is 51.3. The number of hydrogen-bond donors (Lipinski definition) is 0. The number of carbonyl (C=O) groups is 3. The van der Waals surface area contributed by atoms with Gasteiger partial charge in [0, 0.05) is 19.3 Å². The minimum absolute atomic E-state index is 0.102. The van der Waals surface area contributed by atoms with Crippen LogP contribution in [-0.4, -0.2) is 37.2 Å². The molecule has 0 radical (unpaired) electrons. The lowest BCUT2D eigenvalue weighted by atomic mass is 10.0. The molecule has 0 rings (SSSR count). The minimum Gasteiger partial charge on any atom is -0.462 e. The maximum absolute atomic E-state index is 12.8. The van der Waals surface area contributed by atoms with E-state index in [4.69, 9.17) is 14.2 Å². The Labute approximate surface area is 407 Å². The molecule has 66 heavy (non-hydrogen) atoms. The molecule has 0 aromatic carbocycles. The van der Waals surface area contributed by atoms with Gasteiger partial charge in [-0.15, -0.1) is 0 Å². The van der Waals surface area contributed by atoms with Crippen LogP contribution >= 0.6 is 0 Å². The molecular formula is C60H100O6. The number of rotatable bonds is 48. The van der Waals surface area contributed by atoms with E-state index in [1.54, 1.807) is 0 Å². The average Bonchev–Trinajstić information content (AvgIpc) is 3.31. The summed E-state index contributed by atoms with van der Waals surface area (Å²) in [4.78, 5) is 38.0. The van der Waals surface area contributed by atoms with Gasteiger partial charge >= 0.3 is 17.9 Å². The van der Waals surface area contributed by atoms with E-state index in [-0.39, 0.29) is 37.5 Å². The van der Waals surface area contributed by atoms with E-state index in [0.29, 0.717) is 12.8 Å². The minimum atomic E-state index is -0.810. The fraction of sp³-hybridized carbons (Fsp3) is 0.683. The van der Waals surface area contributed by atoms with E-state index in [2.05, 4.69) is 81.5 Å². The van der Waals surface area contributed by atoms with Crippen molar-refractivity contribution in [3.8, 4) is 0 Å². The predicted octanol–water partition coefficient (Wildman–Crippen LogP) is 18.1. The summed E-state index contributed by atoms with van der Waals surface area (Å²) in [6.45, 7) is 6.33.